The van der Waals surface area contributed by atoms with Gasteiger partial charge in [0.2, 0.25) is 11.8 Å². The number of amides is 2. The molecule has 340 valence electrons. The van der Waals surface area contributed by atoms with E-state index in [9.17, 15) is 9.59 Å². The molecule has 12 nitrogen and oxygen atoms in total. The van der Waals surface area contributed by atoms with Crippen molar-refractivity contribution in [1.82, 2.24) is 28.9 Å². The molecule has 0 radical (unpaired) electrons. The molecule has 0 spiro atoms. The van der Waals surface area contributed by atoms with Gasteiger partial charge in [0.15, 0.2) is 0 Å². The molecule has 4 aliphatic heterocycles. The molecule has 12 heteroatoms. The van der Waals surface area contributed by atoms with E-state index < -0.39 is 0 Å². The van der Waals surface area contributed by atoms with Gasteiger partial charge < -0.3 is 37.9 Å². The lowest BCUT2D eigenvalue weighted by atomic mass is 9.93. The van der Waals surface area contributed by atoms with Crippen molar-refractivity contribution in [2.24, 2.45) is 0 Å². The Morgan fingerprint density at radius 2 is 1.03 bits per heavy atom. The zero-order valence-corrected chi connectivity index (χ0v) is 38.8. The quantitative estimate of drug-likeness (QED) is 0.139. The van der Waals surface area contributed by atoms with Gasteiger partial charge in [-0.3, -0.25) is 9.59 Å². The number of fused-ring (bicyclic) bond motifs is 2. The number of piperidine rings is 2. The number of aromatic nitrogens is 4. The summed E-state index contributed by atoms with van der Waals surface area (Å²) in [7, 11) is 3.30. The fourth-order valence-corrected chi connectivity index (χ4v) is 9.76. The van der Waals surface area contributed by atoms with Crippen molar-refractivity contribution in [2.45, 2.75) is 78.3 Å². The lowest BCUT2D eigenvalue weighted by Gasteiger charge is -2.38. The van der Waals surface area contributed by atoms with Crippen LogP contribution in [0.25, 0.3) is 23.5 Å². The maximum atomic E-state index is 13.5. The van der Waals surface area contributed by atoms with Crippen LogP contribution in [0.1, 0.15) is 95.4 Å². The van der Waals surface area contributed by atoms with E-state index in [-0.39, 0.29) is 23.9 Å². The van der Waals surface area contributed by atoms with Gasteiger partial charge in [0.1, 0.15) is 23.0 Å². The van der Waals surface area contributed by atoms with Gasteiger partial charge in [0, 0.05) is 84.1 Å². The summed E-state index contributed by atoms with van der Waals surface area (Å²) in [4.78, 5) is 39.7. The Kier molecular flexibility index (Phi) is 12.8. The number of nitrogens with zero attached hydrogens (tertiary/aromatic N) is 6. The lowest BCUT2D eigenvalue weighted by Crippen LogP contribution is -2.41. The smallest absolute Gasteiger partial charge is 0.250 e. The highest BCUT2D eigenvalue weighted by Gasteiger charge is 2.35. The first kappa shape index (κ1) is 44.1. The van der Waals surface area contributed by atoms with Crippen molar-refractivity contribution in [1.29, 1.82) is 0 Å². The highest BCUT2D eigenvalue weighted by atomic mass is 16.5. The minimum Gasteiger partial charge on any atom is -0.497 e. The number of ether oxygens (including phenoxy) is 4. The van der Waals surface area contributed by atoms with E-state index in [1.54, 1.807) is 14.2 Å². The van der Waals surface area contributed by atoms with E-state index in [0.29, 0.717) is 13.2 Å². The Morgan fingerprint density at radius 3 is 1.41 bits per heavy atom. The van der Waals surface area contributed by atoms with Crippen LogP contribution in [0.5, 0.6) is 23.0 Å². The molecule has 0 N–H and O–H groups in total. The number of benzene rings is 4. The Morgan fingerprint density at radius 1 is 0.591 bits per heavy atom. The fraction of sp³-hybridized carbons (Fsp3) is 0.333. The van der Waals surface area contributed by atoms with Gasteiger partial charge in [-0.2, -0.15) is 0 Å². The minimum atomic E-state index is 0.0319. The Balaban J connectivity index is 0.000000166. The summed E-state index contributed by atoms with van der Waals surface area (Å²) in [6.45, 7) is 10.9. The van der Waals surface area contributed by atoms with Gasteiger partial charge in [-0.15, -0.1) is 0 Å². The molecular weight excluding hydrogens is 829 g/mol. The summed E-state index contributed by atoms with van der Waals surface area (Å²) in [5.74, 6) is 3.42. The maximum Gasteiger partial charge on any atom is 0.250 e. The molecule has 2 aromatic heterocycles. The van der Waals surface area contributed by atoms with Gasteiger partial charge in [-0.05, 0) is 136 Å². The summed E-state index contributed by atoms with van der Waals surface area (Å²) in [5, 5.41) is 0. The monoisotopic (exact) mass is 886 g/mol. The third-order valence-electron chi connectivity index (χ3n) is 13.1. The molecular formula is C54H58N6O6. The molecule has 2 fully saturated rings. The van der Waals surface area contributed by atoms with Crippen LogP contribution in [0, 0.1) is 27.7 Å². The number of carbonyl (C=O) groups excluding carboxylic acids is 2. The summed E-state index contributed by atoms with van der Waals surface area (Å²) in [6, 6.07) is 24.5. The molecule has 2 amide bonds. The zero-order chi connectivity index (χ0) is 45.9. The van der Waals surface area contributed by atoms with E-state index >= 15 is 0 Å². The summed E-state index contributed by atoms with van der Waals surface area (Å²) in [6.07, 6.45) is 16.9. The normalized spacial score (nSPS) is 19.4. The molecule has 2 atom stereocenters. The second-order valence-corrected chi connectivity index (χ2v) is 17.6. The highest BCUT2D eigenvalue weighted by molar-refractivity contribution is 5.99. The van der Waals surface area contributed by atoms with Gasteiger partial charge in [0.05, 0.1) is 63.6 Å². The molecule has 6 aromatic rings. The first-order valence-corrected chi connectivity index (χ1v) is 22.9. The molecule has 0 bridgehead atoms. The Hall–Kier alpha value is -7.08. The molecule has 0 saturated carbocycles. The Labute approximate surface area is 387 Å². The van der Waals surface area contributed by atoms with Crippen molar-refractivity contribution < 1.29 is 28.5 Å². The Bertz CT molecular complexity index is 2650. The van der Waals surface area contributed by atoms with Gasteiger partial charge in [0.25, 0.3) is 0 Å². The number of imidazole rings is 2. The summed E-state index contributed by atoms with van der Waals surface area (Å²) < 4.78 is 26.5. The molecule has 0 unspecified atom stereocenters. The molecule has 10 rings (SSSR count). The second kappa shape index (κ2) is 19.2. The average molecular weight is 887 g/mol. The van der Waals surface area contributed by atoms with Crippen LogP contribution in [0.3, 0.4) is 0 Å². The SMILES string of the molecule is COc1ccc2c(c1)OCC[C@@H]2N1CCC/C(=C\c2ccc(-n3cnc(C)c3)c(C)c2)C1=O.COc1ccc2c(c1)OCC[C@H]2N1CCC/C(=C\c2ccc(-n3cnc(C)c3)c(C)c2)C1=O. The van der Waals surface area contributed by atoms with E-state index in [1.165, 1.54) is 0 Å². The van der Waals surface area contributed by atoms with Crippen molar-refractivity contribution in [3.63, 3.8) is 0 Å². The van der Waals surface area contributed by atoms with Crippen LogP contribution in [-0.4, -0.2) is 81.2 Å². The van der Waals surface area contributed by atoms with Crippen LogP contribution in [0.2, 0.25) is 0 Å². The van der Waals surface area contributed by atoms with Crippen LogP contribution >= 0.6 is 0 Å². The highest BCUT2D eigenvalue weighted by Crippen LogP contribution is 2.42. The van der Waals surface area contributed by atoms with Crippen LogP contribution in [0.4, 0.5) is 0 Å². The van der Waals surface area contributed by atoms with E-state index in [2.05, 4.69) is 72.4 Å². The van der Waals surface area contributed by atoms with Gasteiger partial charge in [-0.25, -0.2) is 9.97 Å². The number of aryl methyl sites for hydroxylation is 4. The number of carbonyl (C=O) groups is 2. The van der Waals surface area contributed by atoms with E-state index in [0.717, 1.165) is 142 Å². The predicted molar refractivity (Wildman–Crippen MR) is 256 cm³/mol. The third-order valence-corrected chi connectivity index (χ3v) is 13.1. The van der Waals surface area contributed by atoms with Crippen molar-refractivity contribution in [3.05, 3.63) is 154 Å². The van der Waals surface area contributed by atoms with Crippen LogP contribution in [-0.2, 0) is 9.59 Å². The van der Waals surface area contributed by atoms with Crippen LogP contribution in [0.15, 0.2) is 109 Å². The number of methoxy groups -OCH3 is 2. The first-order chi connectivity index (χ1) is 32.1. The molecule has 2 saturated heterocycles. The number of hydrogen-bond donors (Lipinski definition) is 0. The minimum absolute atomic E-state index is 0.0319. The molecule has 6 heterocycles. The topological polar surface area (TPSA) is 113 Å². The zero-order valence-electron chi connectivity index (χ0n) is 38.8. The van der Waals surface area contributed by atoms with Gasteiger partial charge in [-0.1, -0.05) is 12.1 Å². The fourth-order valence-electron chi connectivity index (χ4n) is 9.76. The van der Waals surface area contributed by atoms with Crippen LogP contribution < -0.4 is 18.9 Å². The second-order valence-electron chi connectivity index (χ2n) is 17.6. The predicted octanol–water partition coefficient (Wildman–Crippen LogP) is 10.1. The van der Waals surface area contributed by atoms with E-state index in [1.807, 2.05) is 94.2 Å². The lowest BCUT2D eigenvalue weighted by molar-refractivity contribution is -0.132. The standard InChI is InChI=1S/2C27H29N3O3/c2*1-18-13-20(6-9-24(18)29-16-19(2)28-17-29)14-21-5-4-11-30(27(21)31)25-10-12-33-26-15-22(32-3)7-8-23(25)26/h2*6-9,13-17,25H,4-5,10-12H2,1-3H3/b2*21-14+/t2*25-/m10/s1. The van der Waals surface area contributed by atoms with E-state index in [4.69, 9.17) is 18.9 Å². The molecule has 4 aromatic carbocycles. The summed E-state index contributed by atoms with van der Waals surface area (Å²) >= 11 is 0. The number of rotatable bonds is 8. The van der Waals surface area contributed by atoms with Crippen molar-refractivity contribution in [2.75, 3.05) is 40.5 Å². The molecule has 0 aliphatic carbocycles. The van der Waals surface area contributed by atoms with Crippen molar-refractivity contribution >= 4 is 24.0 Å². The molecule has 4 aliphatic rings. The number of hydrogen-bond acceptors (Lipinski definition) is 8. The summed E-state index contributed by atoms with van der Waals surface area (Å²) in [5.41, 5.74) is 12.4. The third kappa shape index (κ3) is 9.22. The first-order valence-electron chi connectivity index (χ1n) is 22.9. The maximum absolute atomic E-state index is 13.5. The van der Waals surface area contributed by atoms with Gasteiger partial charge >= 0.3 is 0 Å². The average Bonchev–Trinajstić information content (AvgIpc) is 3.97. The number of likely N-dealkylation sites (tertiary alicyclic amines) is 2. The van der Waals surface area contributed by atoms with Crippen molar-refractivity contribution in [3.8, 4) is 34.4 Å². The molecule has 66 heavy (non-hydrogen) atoms. The largest absolute Gasteiger partial charge is 0.497 e.